The minimum Gasteiger partial charge on any atom is -0.461 e. The van der Waals surface area contributed by atoms with Crippen LogP contribution >= 0.6 is 11.6 Å². The van der Waals surface area contributed by atoms with Crippen LogP contribution < -0.4 is 5.73 Å². The molecule has 2 aromatic heterocycles. The van der Waals surface area contributed by atoms with Crippen LogP contribution in [0.15, 0.2) is 36.5 Å². The molecule has 0 spiro atoms. The fraction of sp³-hybridized carbons (Fsp3) is 0.286. The van der Waals surface area contributed by atoms with Gasteiger partial charge in [0.1, 0.15) is 36.2 Å². The molecule has 0 radical (unpaired) electrons. The van der Waals surface area contributed by atoms with Crippen LogP contribution in [0.3, 0.4) is 0 Å². The summed E-state index contributed by atoms with van der Waals surface area (Å²) in [6.07, 6.45) is 5.59. The zero-order valence-electron chi connectivity index (χ0n) is 16.2. The molecule has 1 fully saturated rings. The molecule has 0 unspecified atom stereocenters. The van der Waals surface area contributed by atoms with Crippen molar-refractivity contribution in [3.05, 3.63) is 53.2 Å². The van der Waals surface area contributed by atoms with Crippen LogP contribution in [0.5, 0.6) is 0 Å². The van der Waals surface area contributed by atoms with Crippen LogP contribution in [-0.4, -0.2) is 43.9 Å². The van der Waals surface area contributed by atoms with E-state index < -0.39 is 29.7 Å². The molecule has 3 heterocycles. The number of terminal acetylenes is 1. The highest BCUT2D eigenvalue weighted by molar-refractivity contribution is 6.28. The van der Waals surface area contributed by atoms with Gasteiger partial charge < -0.3 is 24.9 Å². The van der Waals surface area contributed by atoms with Gasteiger partial charge in [0.2, 0.25) is 5.28 Å². The Kier molecular flexibility index (Phi) is 5.54. The fourth-order valence-corrected chi connectivity index (χ4v) is 3.66. The van der Waals surface area contributed by atoms with Gasteiger partial charge in [0, 0.05) is 12.6 Å². The smallest absolute Gasteiger partial charge is 0.310 e. The van der Waals surface area contributed by atoms with E-state index in [4.69, 9.17) is 33.2 Å². The molecule has 1 aromatic carbocycles. The minimum absolute atomic E-state index is 0.0265. The van der Waals surface area contributed by atoms with Crippen molar-refractivity contribution < 1.29 is 23.8 Å². The molecular formula is C21H18ClFN4O4. The van der Waals surface area contributed by atoms with Gasteiger partial charge in [0.25, 0.3) is 0 Å². The number of nitrogens with two attached hydrogens (primary N) is 1. The van der Waals surface area contributed by atoms with Crippen molar-refractivity contribution in [3.63, 3.8) is 0 Å². The summed E-state index contributed by atoms with van der Waals surface area (Å²) in [6, 6.07) is 7.18. The number of rotatable bonds is 5. The van der Waals surface area contributed by atoms with Crippen LogP contribution in [0, 0.1) is 18.2 Å². The quantitative estimate of drug-likeness (QED) is 0.352. The number of halogens is 2. The number of ether oxygens (including phenoxy) is 2. The number of aliphatic hydroxyl groups is 1. The second-order valence-corrected chi connectivity index (χ2v) is 7.50. The molecule has 0 amide bonds. The molecule has 0 bridgehead atoms. The molecule has 31 heavy (non-hydrogen) atoms. The maximum Gasteiger partial charge on any atom is 0.310 e. The molecule has 0 saturated carbocycles. The van der Waals surface area contributed by atoms with Gasteiger partial charge in [-0.3, -0.25) is 4.79 Å². The maximum atomic E-state index is 13.0. The van der Waals surface area contributed by atoms with Crippen LogP contribution in [0.1, 0.15) is 18.2 Å². The first-order valence-corrected chi connectivity index (χ1v) is 9.72. The van der Waals surface area contributed by atoms with E-state index in [0.717, 1.165) is 0 Å². The third kappa shape index (κ3) is 4.05. The van der Waals surface area contributed by atoms with Gasteiger partial charge in [-0.1, -0.05) is 18.1 Å². The number of hydrogen-bond acceptors (Lipinski definition) is 7. The predicted octanol–water partition coefficient (Wildman–Crippen LogP) is 2.24. The normalized spacial score (nSPS) is 23.0. The molecule has 3 aromatic rings. The van der Waals surface area contributed by atoms with Gasteiger partial charge in [0.15, 0.2) is 5.60 Å². The second-order valence-electron chi connectivity index (χ2n) is 7.16. The minimum atomic E-state index is -1.54. The fourth-order valence-electron chi connectivity index (χ4n) is 3.49. The molecular weight excluding hydrogens is 427 g/mol. The molecule has 3 atom stereocenters. The number of hydrogen-bond donors (Lipinski definition) is 2. The van der Waals surface area contributed by atoms with Gasteiger partial charge in [-0.05, 0) is 35.4 Å². The molecule has 8 nitrogen and oxygen atoms in total. The van der Waals surface area contributed by atoms with Crippen molar-refractivity contribution in [2.45, 2.75) is 30.8 Å². The number of anilines is 1. The number of carbonyl (C=O) groups excluding carboxylic acids is 1. The Hall–Kier alpha value is -3.19. The summed E-state index contributed by atoms with van der Waals surface area (Å²) in [7, 11) is 0. The number of benzene rings is 1. The summed E-state index contributed by atoms with van der Waals surface area (Å²) in [4.78, 5) is 20.3. The first-order valence-electron chi connectivity index (χ1n) is 9.34. The highest BCUT2D eigenvalue weighted by Crippen LogP contribution is 2.39. The third-order valence-corrected chi connectivity index (χ3v) is 5.32. The lowest BCUT2D eigenvalue weighted by Crippen LogP contribution is -2.43. The monoisotopic (exact) mass is 444 g/mol. The molecule has 1 aliphatic heterocycles. The first kappa shape index (κ1) is 21.1. The largest absolute Gasteiger partial charge is 0.461 e. The average molecular weight is 445 g/mol. The van der Waals surface area contributed by atoms with Gasteiger partial charge in [-0.2, -0.15) is 4.98 Å². The lowest BCUT2D eigenvalue weighted by Gasteiger charge is -2.26. The van der Waals surface area contributed by atoms with Crippen LogP contribution in [0.2, 0.25) is 5.28 Å². The summed E-state index contributed by atoms with van der Waals surface area (Å²) in [6.45, 7) is -0.349. The van der Waals surface area contributed by atoms with Gasteiger partial charge in [-0.25, -0.2) is 9.37 Å². The Balaban J connectivity index is 1.49. The summed E-state index contributed by atoms with van der Waals surface area (Å²) in [5.74, 6) is 1.65. The Bertz CT molecular complexity index is 1180. The van der Waals surface area contributed by atoms with E-state index in [1.807, 2.05) is 0 Å². The zero-order chi connectivity index (χ0) is 22.2. The first-order chi connectivity index (χ1) is 14.8. The summed E-state index contributed by atoms with van der Waals surface area (Å²) in [5, 5.41) is 11.2. The molecule has 4 rings (SSSR count). The van der Waals surface area contributed by atoms with Crippen molar-refractivity contribution in [2.24, 2.45) is 0 Å². The Morgan fingerprint density at radius 2 is 2.16 bits per heavy atom. The predicted molar refractivity (Wildman–Crippen MR) is 110 cm³/mol. The lowest BCUT2D eigenvalue weighted by atomic mass is 9.99. The molecule has 1 saturated heterocycles. The Labute approximate surface area is 181 Å². The lowest BCUT2D eigenvalue weighted by molar-refractivity contribution is -0.155. The zero-order valence-corrected chi connectivity index (χ0v) is 16.9. The van der Waals surface area contributed by atoms with E-state index >= 15 is 0 Å². The third-order valence-electron chi connectivity index (χ3n) is 5.15. The van der Waals surface area contributed by atoms with Crippen molar-refractivity contribution in [1.82, 2.24) is 14.5 Å². The number of esters is 1. The van der Waals surface area contributed by atoms with Crippen LogP contribution in [-0.2, 0) is 20.7 Å². The van der Waals surface area contributed by atoms with E-state index in [2.05, 4.69) is 15.9 Å². The molecule has 10 heteroatoms. The Morgan fingerprint density at radius 1 is 1.42 bits per heavy atom. The van der Waals surface area contributed by atoms with E-state index in [9.17, 15) is 14.3 Å². The number of fused-ring (bicyclic) bond motifs is 1. The maximum absolute atomic E-state index is 13.0. The van der Waals surface area contributed by atoms with Crippen LogP contribution in [0.25, 0.3) is 11.0 Å². The van der Waals surface area contributed by atoms with Gasteiger partial charge in [0.05, 0.1) is 11.8 Å². The molecule has 0 aliphatic carbocycles. The molecule has 3 N–H and O–H groups in total. The number of aliphatic hydroxyl groups excluding tert-OH is 1. The SMILES string of the molecule is C#C[C@]1(COC(=O)Cc2ccc(F)cc2)O[C@@H](n2ccc3c(N)nc(Cl)nc32)C[C@@H]1O. The van der Waals surface area contributed by atoms with Crippen molar-refractivity contribution in [1.29, 1.82) is 0 Å². The number of aromatic nitrogens is 3. The number of carbonyl (C=O) groups is 1. The van der Waals surface area contributed by atoms with Crippen molar-refractivity contribution >= 4 is 34.4 Å². The van der Waals surface area contributed by atoms with E-state index in [-0.39, 0.29) is 30.5 Å². The van der Waals surface area contributed by atoms with E-state index in [0.29, 0.717) is 16.6 Å². The highest BCUT2D eigenvalue weighted by atomic mass is 35.5. The number of nitrogen functional groups attached to an aromatic ring is 1. The summed E-state index contributed by atoms with van der Waals surface area (Å²) >= 11 is 5.91. The van der Waals surface area contributed by atoms with Gasteiger partial charge in [-0.15, -0.1) is 6.42 Å². The summed E-state index contributed by atoms with van der Waals surface area (Å²) in [5.41, 5.74) is 5.35. The van der Waals surface area contributed by atoms with Gasteiger partial charge >= 0.3 is 5.97 Å². The number of nitrogens with zero attached hydrogens (tertiary/aromatic N) is 3. The second kappa shape index (κ2) is 8.15. The van der Waals surface area contributed by atoms with E-state index in [1.165, 1.54) is 24.3 Å². The van der Waals surface area contributed by atoms with Crippen molar-refractivity contribution in [3.8, 4) is 12.3 Å². The highest BCUT2D eigenvalue weighted by Gasteiger charge is 2.49. The summed E-state index contributed by atoms with van der Waals surface area (Å²) < 4.78 is 25.9. The van der Waals surface area contributed by atoms with Crippen molar-refractivity contribution in [2.75, 3.05) is 12.3 Å². The Morgan fingerprint density at radius 3 is 2.87 bits per heavy atom. The van der Waals surface area contributed by atoms with Crippen LogP contribution in [0.4, 0.5) is 10.2 Å². The molecule has 1 aliphatic rings. The topological polar surface area (TPSA) is 112 Å². The standard InChI is InChI=1S/C21H18ClFN4O4/c1-2-21(11-30-17(29)9-12-3-5-13(23)6-4-12)15(28)10-16(31-21)27-8-7-14-18(24)25-20(22)26-19(14)27/h1,3-8,15-16,28H,9-11H2,(H2,24,25,26)/t15-,16+,21+/m0/s1. The molecule has 160 valence electrons. The average Bonchev–Trinajstić information content (AvgIpc) is 3.29. The van der Waals surface area contributed by atoms with E-state index in [1.54, 1.807) is 16.8 Å².